The van der Waals surface area contributed by atoms with Gasteiger partial charge < -0.3 is 0 Å². The predicted octanol–water partition coefficient (Wildman–Crippen LogP) is 3.02. The summed E-state index contributed by atoms with van der Waals surface area (Å²) in [6, 6.07) is 7.66. The number of hydrogen-bond donors (Lipinski definition) is 0. The van der Waals surface area contributed by atoms with Crippen molar-refractivity contribution in [3.05, 3.63) is 28.2 Å². The number of thiazole rings is 1. The molecule has 0 amide bonds. The molecule has 0 saturated heterocycles. The van der Waals surface area contributed by atoms with Crippen LogP contribution in [0.5, 0.6) is 0 Å². The summed E-state index contributed by atoms with van der Waals surface area (Å²) in [5, 5.41) is 10.0. The average molecular weight is 209 g/mol. The van der Waals surface area contributed by atoms with Crippen LogP contribution in [0.25, 0.3) is 10.2 Å². The SMILES string of the molecule is N#CCc1nc2cccc(Cl)c2s1. The molecule has 0 aliphatic heterocycles. The number of aromatic nitrogens is 1. The van der Waals surface area contributed by atoms with Crippen LogP contribution in [0.2, 0.25) is 5.02 Å². The van der Waals surface area contributed by atoms with Gasteiger partial charge in [0.15, 0.2) is 0 Å². The molecule has 0 aliphatic rings. The third kappa shape index (κ3) is 1.51. The van der Waals surface area contributed by atoms with Gasteiger partial charge in [0.25, 0.3) is 0 Å². The normalized spacial score (nSPS) is 10.2. The smallest absolute Gasteiger partial charge is 0.108 e. The molecule has 13 heavy (non-hydrogen) atoms. The van der Waals surface area contributed by atoms with Gasteiger partial charge in [-0.2, -0.15) is 5.26 Å². The molecule has 0 aliphatic carbocycles. The summed E-state index contributed by atoms with van der Waals surface area (Å²) in [7, 11) is 0. The van der Waals surface area contributed by atoms with Gasteiger partial charge in [-0.05, 0) is 12.1 Å². The number of nitrogens with zero attached hydrogens (tertiary/aromatic N) is 2. The van der Waals surface area contributed by atoms with Crippen molar-refractivity contribution < 1.29 is 0 Å². The molecule has 0 radical (unpaired) electrons. The van der Waals surface area contributed by atoms with Crippen molar-refractivity contribution in [1.82, 2.24) is 4.98 Å². The number of hydrogen-bond acceptors (Lipinski definition) is 3. The Morgan fingerprint density at radius 1 is 1.54 bits per heavy atom. The van der Waals surface area contributed by atoms with Gasteiger partial charge >= 0.3 is 0 Å². The first-order valence-corrected chi connectivity index (χ1v) is 4.91. The van der Waals surface area contributed by atoms with E-state index >= 15 is 0 Å². The maximum atomic E-state index is 8.50. The summed E-state index contributed by atoms with van der Waals surface area (Å²) < 4.78 is 0.967. The van der Waals surface area contributed by atoms with E-state index in [0.717, 1.165) is 15.2 Å². The minimum atomic E-state index is 0.357. The summed E-state index contributed by atoms with van der Waals surface area (Å²) in [4.78, 5) is 4.27. The summed E-state index contributed by atoms with van der Waals surface area (Å²) in [6.45, 7) is 0. The molecule has 1 aromatic heterocycles. The highest BCUT2D eigenvalue weighted by molar-refractivity contribution is 7.19. The Kier molecular flexibility index (Phi) is 2.17. The average Bonchev–Trinajstić information content (AvgIpc) is 2.49. The van der Waals surface area contributed by atoms with Gasteiger partial charge in [-0.1, -0.05) is 17.7 Å². The quantitative estimate of drug-likeness (QED) is 0.723. The summed E-state index contributed by atoms with van der Waals surface area (Å²) in [6.07, 6.45) is 0.357. The Labute approximate surface area is 84.4 Å². The Morgan fingerprint density at radius 3 is 3.08 bits per heavy atom. The van der Waals surface area contributed by atoms with Crippen LogP contribution in [0.4, 0.5) is 0 Å². The fourth-order valence-electron chi connectivity index (χ4n) is 1.10. The van der Waals surface area contributed by atoms with Crippen molar-refractivity contribution in [1.29, 1.82) is 5.26 Å². The molecule has 0 bridgehead atoms. The molecule has 0 fully saturated rings. The van der Waals surface area contributed by atoms with E-state index in [1.807, 2.05) is 18.2 Å². The number of rotatable bonds is 1. The molecular weight excluding hydrogens is 204 g/mol. The Morgan fingerprint density at radius 2 is 2.38 bits per heavy atom. The number of benzene rings is 1. The van der Waals surface area contributed by atoms with E-state index < -0.39 is 0 Å². The largest absolute Gasteiger partial charge is 0.240 e. The molecule has 0 saturated carbocycles. The van der Waals surface area contributed by atoms with Crippen molar-refractivity contribution in [2.45, 2.75) is 6.42 Å². The van der Waals surface area contributed by atoms with Crippen molar-refractivity contribution in [3.8, 4) is 6.07 Å². The van der Waals surface area contributed by atoms with Gasteiger partial charge in [0, 0.05) is 0 Å². The Balaban J connectivity index is 2.63. The van der Waals surface area contributed by atoms with Crippen LogP contribution in [-0.4, -0.2) is 4.98 Å². The zero-order valence-electron chi connectivity index (χ0n) is 6.62. The van der Waals surface area contributed by atoms with E-state index in [1.165, 1.54) is 11.3 Å². The van der Waals surface area contributed by atoms with Gasteiger partial charge in [-0.25, -0.2) is 4.98 Å². The molecule has 1 aromatic carbocycles. The first kappa shape index (κ1) is 8.49. The summed E-state index contributed by atoms with van der Waals surface area (Å²) in [5.41, 5.74) is 0.878. The van der Waals surface area contributed by atoms with Crippen molar-refractivity contribution in [2.75, 3.05) is 0 Å². The maximum Gasteiger partial charge on any atom is 0.108 e. The van der Waals surface area contributed by atoms with E-state index in [4.69, 9.17) is 16.9 Å². The lowest BCUT2D eigenvalue weighted by atomic mass is 10.3. The minimum Gasteiger partial charge on any atom is -0.240 e. The predicted molar refractivity (Wildman–Crippen MR) is 53.9 cm³/mol. The maximum absolute atomic E-state index is 8.50. The topological polar surface area (TPSA) is 36.7 Å². The van der Waals surface area contributed by atoms with Gasteiger partial charge in [0.05, 0.1) is 27.7 Å². The van der Waals surface area contributed by atoms with Crippen LogP contribution in [0.1, 0.15) is 5.01 Å². The monoisotopic (exact) mass is 208 g/mol. The first-order valence-electron chi connectivity index (χ1n) is 3.72. The summed E-state index contributed by atoms with van der Waals surface area (Å²) in [5.74, 6) is 0. The van der Waals surface area contributed by atoms with Gasteiger partial charge in [0.1, 0.15) is 5.01 Å². The van der Waals surface area contributed by atoms with Crippen LogP contribution in [0.15, 0.2) is 18.2 Å². The molecule has 0 N–H and O–H groups in total. The number of fused-ring (bicyclic) bond motifs is 1. The molecule has 2 nitrogen and oxygen atoms in total. The highest BCUT2D eigenvalue weighted by Gasteiger charge is 2.05. The molecule has 0 unspecified atom stereocenters. The van der Waals surface area contributed by atoms with Crippen LogP contribution < -0.4 is 0 Å². The molecule has 4 heteroatoms. The minimum absolute atomic E-state index is 0.357. The van der Waals surface area contributed by atoms with Crippen molar-refractivity contribution in [2.24, 2.45) is 0 Å². The second-order valence-corrected chi connectivity index (χ2v) is 4.02. The first-order chi connectivity index (χ1) is 6.31. The van der Waals surface area contributed by atoms with E-state index in [-0.39, 0.29) is 0 Å². The zero-order valence-corrected chi connectivity index (χ0v) is 8.19. The van der Waals surface area contributed by atoms with E-state index in [2.05, 4.69) is 11.1 Å². The van der Waals surface area contributed by atoms with Crippen LogP contribution in [0.3, 0.4) is 0 Å². The Bertz CT molecular complexity index is 484. The third-order valence-corrected chi connectivity index (χ3v) is 3.17. The van der Waals surface area contributed by atoms with E-state index in [0.29, 0.717) is 11.4 Å². The van der Waals surface area contributed by atoms with Crippen LogP contribution in [-0.2, 0) is 6.42 Å². The second-order valence-electron chi connectivity index (χ2n) is 2.53. The third-order valence-electron chi connectivity index (χ3n) is 1.64. The number of nitriles is 1. The fourth-order valence-corrected chi connectivity index (χ4v) is 2.29. The van der Waals surface area contributed by atoms with Gasteiger partial charge in [-0.15, -0.1) is 11.3 Å². The van der Waals surface area contributed by atoms with Gasteiger partial charge in [-0.3, -0.25) is 0 Å². The molecule has 2 aromatic rings. The molecule has 0 spiro atoms. The zero-order chi connectivity index (χ0) is 9.26. The highest BCUT2D eigenvalue weighted by atomic mass is 35.5. The lowest BCUT2D eigenvalue weighted by Crippen LogP contribution is -1.75. The van der Waals surface area contributed by atoms with Crippen molar-refractivity contribution >= 4 is 33.2 Å². The lowest BCUT2D eigenvalue weighted by molar-refractivity contribution is 1.21. The van der Waals surface area contributed by atoms with Crippen molar-refractivity contribution in [3.63, 3.8) is 0 Å². The summed E-state index contributed by atoms with van der Waals surface area (Å²) >= 11 is 7.44. The van der Waals surface area contributed by atoms with E-state index in [9.17, 15) is 0 Å². The molecule has 2 rings (SSSR count). The second kappa shape index (κ2) is 3.33. The van der Waals surface area contributed by atoms with Crippen LogP contribution in [0, 0.1) is 11.3 Å². The van der Waals surface area contributed by atoms with Gasteiger partial charge in [0.2, 0.25) is 0 Å². The molecule has 1 heterocycles. The molecular formula is C9H5ClN2S. The Hall–Kier alpha value is -1.11. The fraction of sp³-hybridized carbons (Fsp3) is 0.111. The standard InChI is InChI=1S/C9H5ClN2S/c10-6-2-1-3-7-9(6)13-8(12-7)4-5-11/h1-3H,4H2. The number of halogens is 1. The molecule has 64 valence electrons. The van der Waals surface area contributed by atoms with E-state index in [1.54, 1.807) is 0 Å². The molecule has 0 atom stereocenters. The lowest BCUT2D eigenvalue weighted by Gasteiger charge is -1.87. The van der Waals surface area contributed by atoms with Crippen LogP contribution >= 0.6 is 22.9 Å². The highest BCUT2D eigenvalue weighted by Crippen LogP contribution is 2.28.